The molecule has 1 spiro atoms. The van der Waals surface area contributed by atoms with Crippen LogP contribution in [0.4, 0.5) is 11.4 Å². The van der Waals surface area contributed by atoms with E-state index in [1.54, 1.807) is 26.9 Å². The maximum Gasteiger partial charge on any atom is 0.253 e. The van der Waals surface area contributed by atoms with Gasteiger partial charge in [0.15, 0.2) is 0 Å². The molecule has 0 saturated carbocycles. The average molecular weight is 719 g/mol. The van der Waals surface area contributed by atoms with Gasteiger partial charge in [0, 0.05) is 44.1 Å². The minimum atomic E-state index is -1.29. The summed E-state index contributed by atoms with van der Waals surface area (Å²) in [5.74, 6) is -2.76. The fourth-order valence-electron chi connectivity index (χ4n) is 9.28. The van der Waals surface area contributed by atoms with Crippen molar-refractivity contribution >= 4 is 29.1 Å². The molecular weight excluding hydrogens is 665 g/mol. The predicted octanol–water partition coefficient (Wildman–Crippen LogP) is 5.88. The minimum Gasteiger partial charge on any atom is -0.394 e. The number of nitrogens with zero attached hydrogens (tertiary/aromatic N) is 4. The van der Waals surface area contributed by atoms with Crippen LogP contribution < -0.4 is 9.80 Å². The van der Waals surface area contributed by atoms with E-state index < -0.39 is 35.1 Å². The molecule has 6 rings (SSSR count). The molecule has 3 fully saturated rings. The number of rotatable bonds is 16. The number of hydrogen-bond donors (Lipinski definition) is 1. The minimum absolute atomic E-state index is 0.138. The van der Waals surface area contributed by atoms with Crippen LogP contribution in [-0.4, -0.2) is 88.7 Å². The highest BCUT2D eigenvalue weighted by molar-refractivity contribution is 6.05. The molecule has 7 atom stereocenters. The molecule has 3 aliphatic heterocycles. The van der Waals surface area contributed by atoms with Crippen molar-refractivity contribution in [1.82, 2.24) is 9.80 Å². The van der Waals surface area contributed by atoms with Crippen molar-refractivity contribution in [3.63, 3.8) is 0 Å². The second kappa shape index (κ2) is 15.7. The molecular formula is C44H54N4O5. The summed E-state index contributed by atoms with van der Waals surface area (Å²) in [6.45, 7) is 18.3. The van der Waals surface area contributed by atoms with E-state index in [0.29, 0.717) is 31.6 Å². The smallest absolute Gasteiger partial charge is 0.253 e. The molecule has 3 aromatic carbocycles. The van der Waals surface area contributed by atoms with Gasteiger partial charge in [0.25, 0.3) is 5.91 Å². The zero-order valence-electron chi connectivity index (χ0n) is 31.6. The van der Waals surface area contributed by atoms with Crippen LogP contribution in [0, 0.1) is 17.8 Å². The molecule has 3 saturated heterocycles. The summed E-state index contributed by atoms with van der Waals surface area (Å²) in [5, 5.41) is 11.0. The lowest BCUT2D eigenvalue weighted by Gasteiger charge is -2.39. The topological polar surface area (TPSA) is 93.6 Å². The standard InChI is InChI=1S/C44H54N4O5/c1-7-25-46(29-33-19-15-12-16-20-33)40(50)37-38-41(51)48(36(30-49)27-32-17-13-11-14-18-32)39(44(38)28-31(5)43(37,6)53-44)42(52)47(26-8-2)35-23-21-34(22-24-35)45(9-3)10-4/h7-8,11-24,31,36-39,49H,1-2,9-10,25-30H2,3-6H3/t31?,36-,37+,38+,39?,43-,44?/m1/s1. The fourth-order valence-corrected chi connectivity index (χ4v) is 9.28. The molecule has 0 aromatic heterocycles. The highest BCUT2D eigenvalue weighted by atomic mass is 16.5. The number of fused-ring (bicyclic) bond motifs is 1. The molecule has 53 heavy (non-hydrogen) atoms. The number of benzene rings is 3. The number of amides is 3. The lowest BCUT2D eigenvalue weighted by Crippen LogP contribution is -2.59. The first-order chi connectivity index (χ1) is 25.6. The zero-order chi connectivity index (χ0) is 37.9. The Bertz CT molecular complexity index is 1780. The SMILES string of the molecule is C=CCN(Cc1ccccc1)C(=O)[C@@H]1[C@H]2C(=O)N([C@@H](CO)Cc3ccccc3)C(C(=O)N(CC=C)c3ccc(N(CC)CC)cc3)C23CC(C)[C@@]1(C)O3. The first-order valence-electron chi connectivity index (χ1n) is 19.0. The number of anilines is 2. The number of carbonyl (C=O) groups excluding carboxylic acids is 3. The van der Waals surface area contributed by atoms with Gasteiger partial charge in [-0.3, -0.25) is 14.4 Å². The van der Waals surface area contributed by atoms with Crippen LogP contribution >= 0.6 is 0 Å². The Balaban J connectivity index is 1.46. The molecule has 3 aliphatic rings. The van der Waals surface area contributed by atoms with E-state index in [1.807, 2.05) is 91.9 Å². The Morgan fingerprint density at radius 1 is 0.906 bits per heavy atom. The van der Waals surface area contributed by atoms with Gasteiger partial charge in [-0.1, -0.05) is 79.7 Å². The first-order valence-corrected chi connectivity index (χ1v) is 19.0. The normalized spacial score (nSPS) is 26.2. The quantitative estimate of drug-likeness (QED) is 0.186. The molecule has 3 aromatic rings. The largest absolute Gasteiger partial charge is 0.394 e. The van der Waals surface area contributed by atoms with Gasteiger partial charge in [-0.15, -0.1) is 13.2 Å². The van der Waals surface area contributed by atoms with Gasteiger partial charge in [0.2, 0.25) is 11.8 Å². The molecule has 2 bridgehead atoms. The monoisotopic (exact) mass is 718 g/mol. The van der Waals surface area contributed by atoms with Gasteiger partial charge in [-0.25, -0.2) is 0 Å². The number of ether oxygens (including phenoxy) is 1. The highest BCUT2D eigenvalue weighted by Crippen LogP contribution is 2.66. The van der Waals surface area contributed by atoms with Gasteiger partial charge in [0.05, 0.1) is 30.1 Å². The number of carbonyl (C=O) groups is 3. The summed E-state index contributed by atoms with van der Waals surface area (Å²) in [6, 6.07) is 25.5. The molecule has 3 amide bonds. The Hall–Kier alpha value is -4.73. The Morgan fingerprint density at radius 2 is 1.49 bits per heavy atom. The summed E-state index contributed by atoms with van der Waals surface area (Å²) in [4.78, 5) is 52.8. The molecule has 0 radical (unpaired) electrons. The van der Waals surface area contributed by atoms with Crippen molar-refractivity contribution in [3.8, 4) is 0 Å². The van der Waals surface area contributed by atoms with Crippen LogP contribution in [0.2, 0.25) is 0 Å². The van der Waals surface area contributed by atoms with Gasteiger partial charge in [0.1, 0.15) is 11.6 Å². The molecule has 9 nitrogen and oxygen atoms in total. The van der Waals surface area contributed by atoms with Gasteiger partial charge in [-0.05, 0) is 74.9 Å². The fraction of sp³-hybridized carbons (Fsp3) is 0.432. The van der Waals surface area contributed by atoms with Crippen molar-refractivity contribution in [2.24, 2.45) is 17.8 Å². The maximum atomic E-state index is 15.4. The second-order valence-corrected chi connectivity index (χ2v) is 14.9. The van der Waals surface area contributed by atoms with Gasteiger partial charge in [-0.2, -0.15) is 0 Å². The Labute approximate surface area is 314 Å². The first kappa shape index (κ1) is 38.0. The summed E-state index contributed by atoms with van der Waals surface area (Å²) in [7, 11) is 0. The van der Waals surface area contributed by atoms with E-state index in [1.165, 1.54) is 0 Å². The van der Waals surface area contributed by atoms with E-state index in [4.69, 9.17) is 4.74 Å². The number of aliphatic hydroxyl groups excluding tert-OH is 1. The lowest BCUT2D eigenvalue weighted by molar-refractivity contribution is -0.154. The third kappa shape index (κ3) is 6.70. The van der Waals surface area contributed by atoms with E-state index in [9.17, 15) is 9.90 Å². The van der Waals surface area contributed by atoms with Crippen LogP contribution in [-0.2, 0) is 32.1 Å². The average Bonchev–Trinajstić information content (AvgIpc) is 3.69. The molecule has 0 aliphatic carbocycles. The van der Waals surface area contributed by atoms with E-state index in [0.717, 1.165) is 29.9 Å². The lowest BCUT2D eigenvalue weighted by atomic mass is 9.62. The van der Waals surface area contributed by atoms with Crippen molar-refractivity contribution in [2.75, 3.05) is 42.6 Å². The van der Waals surface area contributed by atoms with E-state index in [2.05, 4.69) is 38.8 Å². The molecule has 280 valence electrons. The van der Waals surface area contributed by atoms with Crippen molar-refractivity contribution in [3.05, 3.63) is 121 Å². The predicted molar refractivity (Wildman–Crippen MR) is 209 cm³/mol. The van der Waals surface area contributed by atoms with Crippen LogP contribution in [0.1, 0.15) is 45.2 Å². The summed E-state index contributed by atoms with van der Waals surface area (Å²) < 4.78 is 7.12. The molecule has 3 heterocycles. The van der Waals surface area contributed by atoms with Crippen LogP contribution in [0.3, 0.4) is 0 Å². The van der Waals surface area contributed by atoms with E-state index >= 15 is 9.59 Å². The number of likely N-dealkylation sites (tertiary alicyclic amines) is 1. The van der Waals surface area contributed by atoms with Crippen molar-refractivity contribution < 1.29 is 24.2 Å². The van der Waals surface area contributed by atoms with E-state index in [-0.39, 0.29) is 36.8 Å². The maximum absolute atomic E-state index is 15.4. The molecule has 3 unspecified atom stereocenters. The summed E-state index contributed by atoms with van der Waals surface area (Å²) >= 11 is 0. The van der Waals surface area contributed by atoms with Crippen LogP contribution in [0.15, 0.2) is 110 Å². The highest BCUT2D eigenvalue weighted by Gasteiger charge is 2.80. The van der Waals surface area contributed by atoms with Crippen LogP contribution in [0.25, 0.3) is 0 Å². The van der Waals surface area contributed by atoms with Crippen LogP contribution in [0.5, 0.6) is 0 Å². The number of aliphatic hydroxyl groups is 1. The van der Waals surface area contributed by atoms with Gasteiger partial charge >= 0.3 is 0 Å². The van der Waals surface area contributed by atoms with Crippen molar-refractivity contribution in [1.29, 1.82) is 0 Å². The van der Waals surface area contributed by atoms with Crippen molar-refractivity contribution in [2.45, 2.75) is 70.4 Å². The molecule has 1 N–H and O–H groups in total. The Kier molecular flexibility index (Phi) is 11.3. The third-order valence-corrected chi connectivity index (χ3v) is 11.9. The third-order valence-electron chi connectivity index (χ3n) is 11.9. The number of hydrogen-bond acceptors (Lipinski definition) is 6. The second-order valence-electron chi connectivity index (χ2n) is 14.9. The molecule has 9 heteroatoms. The van der Waals surface area contributed by atoms with Gasteiger partial charge < -0.3 is 29.4 Å². The summed E-state index contributed by atoms with van der Waals surface area (Å²) in [5.41, 5.74) is 1.31. The zero-order valence-corrected chi connectivity index (χ0v) is 31.6. The Morgan fingerprint density at radius 3 is 2.06 bits per heavy atom. The summed E-state index contributed by atoms with van der Waals surface area (Å²) in [6.07, 6.45) is 4.13.